The summed E-state index contributed by atoms with van der Waals surface area (Å²) in [6.07, 6.45) is 3.50. The second kappa shape index (κ2) is 6.50. The number of nitrogens with zero attached hydrogens (tertiary/aromatic N) is 5. The first-order chi connectivity index (χ1) is 11.1. The molecule has 0 atom stereocenters. The summed E-state index contributed by atoms with van der Waals surface area (Å²) in [4.78, 5) is 9.44. The predicted molar refractivity (Wildman–Crippen MR) is 89.2 cm³/mol. The minimum Gasteiger partial charge on any atom is -0.396 e. The number of fused-ring (bicyclic) bond motifs is 1. The summed E-state index contributed by atoms with van der Waals surface area (Å²) >= 11 is 0. The molecule has 0 aromatic carbocycles. The standard InChI is InChI=1S/C17H23N5O/c1-12(2)11-14-18-17(22(20-14)9-6-10-23)16-13(3)21-8-5-4-7-15(21)19-16/h4-5,7-8,12,23H,6,9-11H2,1-3H3. The second-order valence-corrected chi connectivity index (χ2v) is 6.22. The largest absolute Gasteiger partial charge is 0.396 e. The molecular formula is C17H23N5O. The van der Waals surface area contributed by atoms with Crippen molar-refractivity contribution in [1.29, 1.82) is 0 Å². The van der Waals surface area contributed by atoms with Gasteiger partial charge in [-0.25, -0.2) is 14.6 Å². The van der Waals surface area contributed by atoms with Gasteiger partial charge in [0, 0.05) is 25.8 Å². The fourth-order valence-corrected chi connectivity index (χ4v) is 2.72. The van der Waals surface area contributed by atoms with Crippen LogP contribution in [0.2, 0.25) is 0 Å². The van der Waals surface area contributed by atoms with Crippen LogP contribution in [0.5, 0.6) is 0 Å². The SMILES string of the molecule is Cc1c(-c2nc(CC(C)C)nn2CCCO)nc2ccccn12. The first kappa shape index (κ1) is 15.7. The highest BCUT2D eigenvalue weighted by Crippen LogP contribution is 2.23. The van der Waals surface area contributed by atoms with Gasteiger partial charge in [0.1, 0.15) is 11.3 Å². The fraction of sp³-hybridized carbons (Fsp3) is 0.471. The highest BCUT2D eigenvalue weighted by atomic mass is 16.3. The van der Waals surface area contributed by atoms with E-state index in [1.165, 1.54) is 0 Å². The van der Waals surface area contributed by atoms with Gasteiger partial charge in [-0.2, -0.15) is 5.10 Å². The molecule has 0 unspecified atom stereocenters. The van der Waals surface area contributed by atoms with Gasteiger partial charge < -0.3 is 9.51 Å². The topological polar surface area (TPSA) is 68.2 Å². The van der Waals surface area contributed by atoms with Gasteiger partial charge in [-0.3, -0.25) is 0 Å². The second-order valence-electron chi connectivity index (χ2n) is 6.22. The van der Waals surface area contributed by atoms with Crippen LogP contribution < -0.4 is 0 Å². The quantitative estimate of drug-likeness (QED) is 0.759. The molecule has 6 heteroatoms. The Labute approximate surface area is 135 Å². The molecule has 0 saturated heterocycles. The van der Waals surface area contributed by atoms with Crippen molar-refractivity contribution in [2.24, 2.45) is 5.92 Å². The average molecular weight is 313 g/mol. The Hall–Kier alpha value is -2.21. The van der Waals surface area contributed by atoms with E-state index in [9.17, 15) is 0 Å². The Kier molecular flexibility index (Phi) is 4.43. The lowest BCUT2D eigenvalue weighted by molar-refractivity contribution is 0.277. The number of hydrogen-bond acceptors (Lipinski definition) is 4. The molecule has 0 amide bonds. The minimum atomic E-state index is 0.142. The lowest BCUT2D eigenvalue weighted by Crippen LogP contribution is -2.06. The third kappa shape index (κ3) is 3.12. The zero-order chi connectivity index (χ0) is 16.4. The molecule has 0 aliphatic rings. The molecule has 0 aliphatic carbocycles. The number of aliphatic hydroxyl groups excluding tert-OH is 1. The van der Waals surface area contributed by atoms with Crippen LogP contribution in [0.15, 0.2) is 24.4 Å². The number of aromatic nitrogens is 5. The average Bonchev–Trinajstić information content (AvgIpc) is 3.06. The molecule has 0 bridgehead atoms. The lowest BCUT2D eigenvalue weighted by Gasteiger charge is -2.03. The number of rotatable bonds is 6. The van der Waals surface area contributed by atoms with Crippen molar-refractivity contribution in [3.8, 4) is 11.5 Å². The van der Waals surface area contributed by atoms with Crippen molar-refractivity contribution >= 4 is 5.65 Å². The predicted octanol–water partition coefficient (Wildman–Crippen LogP) is 2.48. The molecule has 3 heterocycles. The van der Waals surface area contributed by atoms with E-state index in [1.807, 2.05) is 36.0 Å². The van der Waals surface area contributed by atoms with Crippen molar-refractivity contribution in [2.75, 3.05) is 6.61 Å². The van der Waals surface area contributed by atoms with Crippen molar-refractivity contribution in [3.05, 3.63) is 35.9 Å². The van der Waals surface area contributed by atoms with E-state index >= 15 is 0 Å². The molecule has 6 nitrogen and oxygen atoms in total. The van der Waals surface area contributed by atoms with Crippen LogP contribution in [0.25, 0.3) is 17.2 Å². The van der Waals surface area contributed by atoms with E-state index in [4.69, 9.17) is 15.1 Å². The Balaban J connectivity index is 2.08. The summed E-state index contributed by atoms with van der Waals surface area (Å²) in [7, 11) is 0. The van der Waals surface area contributed by atoms with E-state index in [2.05, 4.69) is 23.3 Å². The normalized spacial score (nSPS) is 11.7. The summed E-state index contributed by atoms with van der Waals surface area (Å²) < 4.78 is 3.94. The molecule has 3 aromatic rings. The smallest absolute Gasteiger partial charge is 0.178 e. The van der Waals surface area contributed by atoms with Crippen molar-refractivity contribution < 1.29 is 5.11 Å². The molecule has 0 spiro atoms. The molecular weight excluding hydrogens is 290 g/mol. The molecule has 0 fully saturated rings. The van der Waals surface area contributed by atoms with Crippen molar-refractivity contribution in [1.82, 2.24) is 24.1 Å². The van der Waals surface area contributed by atoms with Gasteiger partial charge in [0.25, 0.3) is 0 Å². The summed E-state index contributed by atoms with van der Waals surface area (Å²) in [5.41, 5.74) is 2.81. The Bertz CT molecular complexity index is 803. The summed E-state index contributed by atoms with van der Waals surface area (Å²) in [5, 5.41) is 13.7. The van der Waals surface area contributed by atoms with Crippen molar-refractivity contribution in [2.45, 2.75) is 40.2 Å². The highest BCUT2D eigenvalue weighted by molar-refractivity contribution is 5.60. The molecule has 0 saturated carbocycles. The number of hydrogen-bond donors (Lipinski definition) is 1. The molecule has 1 N–H and O–H groups in total. The Morgan fingerprint density at radius 3 is 2.74 bits per heavy atom. The zero-order valence-electron chi connectivity index (χ0n) is 13.9. The van der Waals surface area contributed by atoms with Gasteiger partial charge in [-0.05, 0) is 31.4 Å². The lowest BCUT2D eigenvalue weighted by atomic mass is 10.1. The highest BCUT2D eigenvalue weighted by Gasteiger charge is 2.18. The first-order valence-corrected chi connectivity index (χ1v) is 8.08. The molecule has 3 rings (SSSR count). The number of pyridine rings is 1. The van der Waals surface area contributed by atoms with E-state index in [0.717, 1.165) is 35.1 Å². The van der Waals surface area contributed by atoms with Crippen LogP contribution in [0, 0.1) is 12.8 Å². The van der Waals surface area contributed by atoms with Crippen LogP contribution in [-0.2, 0) is 13.0 Å². The fourth-order valence-electron chi connectivity index (χ4n) is 2.72. The Morgan fingerprint density at radius 2 is 2.04 bits per heavy atom. The van der Waals surface area contributed by atoms with E-state index in [0.29, 0.717) is 18.9 Å². The van der Waals surface area contributed by atoms with Gasteiger partial charge in [-0.15, -0.1) is 0 Å². The zero-order valence-corrected chi connectivity index (χ0v) is 13.9. The number of imidazole rings is 1. The maximum atomic E-state index is 9.13. The third-order valence-electron chi connectivity index (χ3n) is 3.82. The van der Waals surface area contributed by atoms with E-state index in [1.54, 1.807) is 0 Å². The maximum absolute atomic E-state index is 9.13. The van der Waals surface area contributed by atoms with Crippen LogP contribution in [0.3, 0.4) is 0 Å². The molecule has 0 radical (unpaired) electrons. The van der Waals surface area contributed by atoms with Crippen LogP contribution in [-0.4, -0.2) is 35.9 Å². The first-order valence-electron chi connectivity index (χ1n) is 8.08. The summed E-state index contributed by atoms with van der Waals surface area (Å²) in [6.45, 7) is 7.14. The number of aliphatic hydroxyl groups is 1. The minimum absolute atomic E-state index is 0.142. The van der Waals surface area contributed by atoms with E-state index in [-0.39, 0.29) is 6.61 Å². The maximum Gasteiger partial charge on any atom is 0.178 e. The Morgan fingerprint density at radius 1 is 1.22 bits per heavy atom. The number of aryl methyl sites for hydroxylation is 2. The summed E-state index contributed by atoms with van der Waals surface area (Å²) in [5.74, 6) is 2.12. The molecule has 122 valence electrons. The summed E-state index contributed by atoms with van der Waals surface area (Å²) in [6, 6.07) is 5.96. The van der Waals surface area contributed by atoms with Gasteiger partial charge in [0.05, 0.1) is 5.69 Å². The molecule has 3 aromatic heterocycles. The van der Waals surface area contributed by atoms with Gasteiger partial charge in [0.15, 0.2) is 11.6 Å². The van der Waals surface area contributed by atoms with E-state index < -0.39 is 0 Å². The van der Waals surface area contributed by atoms with Crippen LogP contribution >= 0.6 is 0 Å². The van der Waals surface area contributed by atoms with Crippen LogP contribution in [0.1, 0.15) is 31.8 Å². The van der Waals surface area contributed by atoms with Gasteiger partial charge in [-0.1, -0.05) is 19.9 Å². The van der Waals surface area contributed by atoms with Crippen molar-refractivity contribution in [3.63, 3.8) is 0 Å². The van der Waals surface area contributed by atoms with Crippen LogP contribution in [0.4, 0.5) is 0 Å². The third-order valence-corrected chi connectivity index (χ3v) is 3.82. The van der Waals surface area contributed by atoms with Gasteiger partial charge in [0.2, 0.25) is 0 Å². The monoisotopic (exact) mass is 313 g/mol. The molecule has 0 aliphatic heterocycles. The molecule has 23 heavy (non-hydrogen) atoms. The van der Waals surface area contributed by atoms with Gasteiger partial charge >= 0.3 is 0 Å².